The van der Waals surface area contributed by atoms with Crippen molar-refractivity contribution in [3.63, 3.8) is 0 Å². The Balaban J connectivity index is 1.66. The van der Waals surface area contributed by atoms with Crippen LogP contribution in [0.15, 0.2) is 60.7 Å². The maximum atomic E-state index is 13.2. The van der Waals surface area contributed by atoms with Crippen LogP contribution in [0.25, 0.3) is 0 Å². The average Bonchev–Trinajstić information content (AvgIpc) is 3.11. The lowest BCUT2D eigenvalue weighted by atomic mass is 10.1. The molecule has 0 aliphatic carbocycles. The molecule has 142 valence electrons. The van der Waals surface area contributed by atoms with Crippen molar-refractivity contribution >= 4 is 5.91 Å². The number of nitrogens with zero attached hydrogens (tertiary/aromatic N) is 1. The van der Waals surface area contributed by atoms with Crippen molar-refractivity contribution in [2.24, 2.45) is 0 Å². The number of aromatic hydroxyl groups is 2. The molecule has 0 bridgehead atoms. The zero-order chi connectivity index (χ0) is 19.7. The predicted octanol–water partition coefficient (Wildman–Crippen LogP) is 4.05. The number of amides is 1. The third-order valence-corrected chi connectivity index (χ3v) is 4.67. The molecule has 0 saturated carbocycles. The summed E-state index contributed by atoms with van der Waals surface area (Å²) in [5.41, 5.74) is 2.04. The lowest BCUT2D eigenvalue weighted by Gasteiger charge is -2.19. The molecule has 0 spiro atoms. The van der Waals surface area contributed by atoms with E-state index in [1.165, 1.54) is 6.07 Å². The average molecular weight is 377 g/mol. The van der Waals surface area contributed by atoms with E-state index in [4.69, 9.17) is 9.47 Å². The first-order valence-electron chi connectivity index (χ1n) is 8.79. The number of ether oxygens (including phenoxy) is 2. The number of benzene rings is 3. The van der Waals surface area contributed by atoms with Crippen LogP contribution in [-0.4, -0.2) is 28.1 Å². The fourth-order valence-corrected chi connectivity index (χ4v) is 3.30. The van der Waals surface area contributed by atoms with Crippen molar-refractivity contribution < 1.29 is 24.5 Å². The van der Waals surface area contributed by atoms with Crippen LogP contribution in [0, 0.1) is 0 Å². The van der Waals surface area contributed by atoms with Gasteiger partial charge in [0.05, 0.1) is 7.11 Å². The minimum Gasteiger partial charge on any atom is -0.508 e. The number of carbonyl (C=O) groups is 1. The van der Waals surface area contributed by atoms with Crippen molar-refractivity contribution in [2.75, 3.05) is 7.11 Å². The molecular weight excluding hydrogens is 358 g/mol. The van der Waals surface area contributed by atoms with Crippen LogP contribution < -0.4 is 9.47 Å². The Bertz CT molecular complexity index is 1030. The molecule has 1 aliphatic heterocycles. The molecule has 0 aromatic heterocycles. The molecule has 0 radical (unpaired) electrons. The van der Waals surface area contributed by atoms with E-state index in [1.807, 2.05) is 24.3 Å². The number of methoxy groups -OCH3 is 1. The zero-order valence-electron chi connectivity index (χ0n) is 15.3. The maximum absolute atomic E-state index is 13.2. The van der Waals surface area contributed by atoms with Gasteiger partial charge < -0.3 is 24.6 Å². The fraction of sp³-hybridized carbons (Fsp3) is 0.136. The lowest BCUT2D eigenvalue weighted by molar-refractivity contribution is 0.0745. The topological polar surface area (TPSA) is 79.2 Å². The van der Waals surface area contributed by atoms with Gasteiger partial charge in [0.15, 0.2) is 0 Å². The van der Waals surface area contributed by atoms with Crippen LogP contribution in [0.1, 0.15) is 21.5 Å². The summed E-state index contributed by atoms with van der Waals surface area (Å²) in [7, 11) is 1.60. The first-order valence-corrected chi connectivity index (χ1v) is 8.79. The highest BCUT2D eigenvalue weighted by molar-refractivity contribution is 6.00. The molecule has 1 heterocycles. The minimum absolute atomic E-state index is 0.0152. The highest BCUT2D eigenvalue weighted by Gasteiger charge is 2.29. The third kappa shape index (κ3) is 3.32. The molecule has 28 heavy (non-hydrogen) atoms. The monoisotopic (exact) mass is 377 g/mol. The van der Waals surface area contributed by atoms with Gasteiger partial charge >= 0.3 is 0 Å². The van der Waals surface area contributed by atoms with Crippen molar-refractivity contribution in [2.45, 2.75) is 13.1 Å². The van der Waals surface area contributed by atoms with E-state index >= 15 is 0 Å². The van der Waals surface area contributed by atoms with Crippen molar-refractivity contribution in [1.29, 1.82) is 0 Å². The molecule has 6 nitrogen and oxygen atoms in total. The number of rotatable bonds is 4. The fourth-order valence-electron chi connectivity index (χ4n) is 3.30. The van der Waals surface area contributed by atoms with Gasteiger partial charge in [-0.3, -0.25) is 4.79 Å². The first-order chi connectivity index (χ1) is 13.5. The Hall–Kier alpha value is -3.67. The Morgan fingerprint density at radius 2 is 1.68 bits per heavy atom. The quantitative estimate of drug-likeness (QED) is 0.717. The van der Waals surface area contributed by atoms with Gasteiger partial charge in [-0.2, -0.15) is 0 Å². The van der Waals surface area contributed by atoms with E-state index in [2.05, 4.69) is 0 Å². The normalized spacial score (nSPS) is 12.5. The second-order valence-corrected chi connectivity index (χ2v) is 6.55. The SMILES string of the molecule is COc1ccc2c(c1)CN(C(=O)c1c(O)cc(O)cc1Oc1ccccc1)C2. The number of hydrogen-bond acceptors (Lipinski definition) is 5. The largest absolute Gasteiger partial charge is 0.508 e. The van der Waals surface area contributed by atoms with Crippen molar-refractivity contribution in [3.8, 4) is 28.7 Å². The highest BCUT2D eigenvalue weighted by atomic mass is 16.5. The molecule has 1 amide bonds. The van der Waals surface area contributed by atoms with Gasteiger partial charge in [0.1, 0.15) is 34.3 Å². The standard InChI is InChI=1S/C22H19NO5/c1-27-18-8-7-14-12-23(13-15(14)9-18)22(26)21-19(25)10-16(24)11-20(21)28-17-5-3-2-4-6-17/h2-11,24-25H,12-13H2,1H3. The molecule has 6 heteroatoms. The second-order valence-electron chi connectivity index (χ2n) is 6.55. The van der Waals surface area contributed by atoms with Gasteiger partial charge in [0.25, 0.3) is 5.91 Å². The molecule has 4 rings (SSSR count). The predicted molar refractivity (Wildman–Crippen MR) is 103 cm³/mol. The van der Waals surface area contributed by atoms with Gasteiger partial charge in [-0.1, -0.05) is 24.3 Å². The number of para-hydroxylation sites is 1. The second kappa shape index (κ2) is 7.15. The Morgan fingerprint density at radius 1 is 0.929 bits per heavy atom. The van der Waals surface area contributed by atoms with E-state index < -0.39 is 0 Å². The summed E-state index contributed by atoms with van der Waals surface area (Å²) in [5.74, 6) is 0.435. The van der Waals surface area contributed by atoms with Gasteiger partial charge in [0.2, 0.25) is 0 Å². The van der Waals surface area contributed by atoms with Crippen LogP contribution in [0.3, 0.4) is 0 Å². The molecule has 0 fully saturated rings. The Kier molecular flexibility index (Phi) is 4.53. The van der Waals surface area contributed by atoms with E-state index in [9.17, 15) is 15.0 Å². The third-order valence-electron chi connectivity index (χ3n) is 4.67. The molecule has 3 aromatic carbocycles. The smallest absolute Gasteiger partial charge is 0.262 e. The molecule has 3 aromatic rings. The van der Waals surface area contributed by atoms with E-state index in [-0.39, 0.29) is 28.7 Å². The van der Waals surface area contributed by atoms with Crippen molar-refractivity contribution in [3.05, 3.63) is 77.4 Å². The maximum Gasteiger partial charge on any atom is 0.262 e. The highest BCUT2D eigenvalue weighted by Crippen LogP contribution is 2.38. The van der Waals surface area contributed by atoms with Gasteiger partial charge in [0, 0.05) is 25.2 Å². The number of fused-ring (bicyclic) bond motifs is 1. The zero-order valence-corrected chi connectivity index (χ0v) is 15.3. The number of phenolic OH excluding ortho intramolecular Hbond substituents is 2. The van der Waals surface area contributed by atoms with E-state index in [1.54, 1.807) is 36.3 Å². The summed E-state index contributed by atoms with van der Waals surface area (Å²) < 4.78 is 11.0. The van der Waals surface area contributed by atoms with Crippen LogP contribution in [0.2, 0.25) is 0 Å². The van der Waals surface area contributed by atoms with Crippen LogP contribution >= 0.6 is 0 Å². The minimum atomic E-state index is -0.376. The first kappa shape index (κ1) is 17.7. The number of carbonyl (C=O) groups excluding carboxylic acids is 1. The summed E-state index contributed by atoms with van der Waals surface area (Å²) in [5, 5.41) is 20.2. The van der Waals surface area contributed by atoms with Gasteiger partial charge in [-0.05, 0) is 35.4 Å². The summed E-state index contributed by atoms with van der Waals surface area (Å²) in [6, 6.07) is 17.0. The molecule has 2 N–H and O–H groups in total. The molecule has 0 unspecified atom stereocenters. The summed E-state index contributed by atoms with van der Waals surface area (Å²) in [6.07, 6.45) is 0. The van der Waals surface area contributed by atoms with Crippen molar-refractivity contribution in [1.82, 2.24) is 4.90 Å². The summed E-state index contributed by atoms with van der Waals surface area (Å²) in [4.78, 5) is 14.8. The molecule has 0 saturated heterocycles. The van der Waals surface area contributed by atoms with Crippen LogP contribution in [-0.2, 0) is 13.1 Å². The van der Waals surface area contributed by atoms with Crippen LogP contribution in [0.4, 0.5) is 0 Å². The van der Waals surface area contributed by atoms with Gasteiger partial charge in [-0.15, -0.1) is 0 Å². The van der Waals surface area contributed by atoms with Gasteiger partial charge in [-0.25, -0.2) is 0 Å². The Labute approximate surface area is 162 Å². The number of phenols is 2. The summed E-state index contributed by atoms with van der Waals surface area (Å²) >= 11 is 0. The Morgan fingerprint density at radius 3 is 2.43 bits per heavy atom. The molecule has 0 atom stereocenters. The summed E-state index contributed by atoms with van der Waals surface area (Å²) in [6.45, 7) is 0.819. The molecular formula is C22H19NO5. The number of hydrogen-bond donors (Lipinski definition) is 2. The van der Waals surface area contributed by atoms with E-state index in [0.717, 1.165) is 22.9 Å². The van der Waals surface area contributed by atoms with E-state index in [0.29, 0.717) is 18.8 Å². The molecule has 1 aliphatic rings. The lowest BCUT2D eigenvalue weighted by Crippen LogP contribution is -2.25. The van der Waals surface area contributed by atoms with Crippen LogP contribution in [0.5, 0.6) is 28.7 Å².